The molecule has 0 heterocycles. The quantitative estimate of drug-likeness (QED) is 0.0169. The summed E-state index contributed by atoms with van der Waals surface area (Å²) in [5, 5.41) is 10.7. The molecule has 0 saturated heterocycles. The van der Waals surface area contributed by atoms with Gasteiger partial charge >= 0.3 is 39.5 Å². The maximum Gasteiger partial charge on any atom is 0.472 e. The van der Waals surface area contributed by atoms with Crippen molar-refractivity contribution in [2.24, 2.45) is 5.92 Å². The van der Waals surface area contributed by atoms with Gasteiger partial charge in [0.2, 0.25) is 0 Å². The average Bonchev–Trinajstić information content (AvgIpc) is 0.903. The molecule has 19 heteroatoms. The highest BCUT2D eigenvalue weighted by Crippen LogP contribution is 2.45. The number of carbonyl (C=O) groups is 4. The summed E-state index contributed by atoms with van der Waals surface area (Å²) in [5.74, 6) is -1.33. The van der Waals surface area contributed by atoms with Gasteiger partial charge in [-0.3, -0.25) is 37.3 Å². The van der Waals surface area contributed by atoms with Gasteiger partial charge in [-0.1, -0.05) is 393 Å². The predicted octanol–water partition coefficient (Wildman–Crippen LogP) is 26.3. The van der Waals surface area contributed by atoms with E-state index in [2.05, 4.69) is 58.9 Å². The minimum absolute atomic E-state index is 0.0858. The van der Waals surface area contributed by atoms with Crippen LogP contribution in [0.5, 0.6) is 0 Å². The Labute approximate surface area is 650 Å². The van der Waals surface area contributed by atoms with Crippen molar-refractivity contribution in [2.45, 2.75) is 464 Å². The van der Waals surface area contributed by atoms with Gasteiger partial charge in [0.1, 0.15) is 19.3 Å². The van der Waals surface area contributed by atoms with E-state index in [1.807, 2.05) is 0 Å². The summed E-state index contributed by atoms with van der Waals surface area (Å²) in [6, 6.07) is 0. The number of aliphatic hydroxyl groups excluding tert-OH is 1. The first-order valence-electron chi connectivity index (χ1n) is 44.5. The number of rotatable bonds is 85. The number of unbranched alkanes of at least 4 members (excludes halogenated alkanes) is 54. The highest BCUT2D eigenvalue weighted by molar-refractivity contribution is 7.47. The van der Waals surface area contributed by atoms with Crippen LogP contribution >= 0.6 is 15.6 Å². The van der Waals surface area contributed by atoms with Crippen LogP contribution in [0.15, 0.2) is 24.3 Å². The van der Waals surface area contributed by atoms with Gasteiger partial charge in [-0.2, -0.15) is 0 Å². The summed E-state index contributed by atoms with van der Waals surface area (Å²) < 4.78 is 68.9. The van der Waals surface area contributed by atoms with Crippen LogP contribution in [0.25, 0.3) is 0 Å². The van der Waals surface area contributed by atoms with E-state index in [0.29, 0.717) is 25.7 Å². The number of hydrogen-bond donors (Lipinski definition) is 3. The summed E-state index contributed by atoms with van der Waals surface area (Å²) in [7, 11) is -9.94. The number of hydrogen-bond acceptors (Lipinski definition) is 15. The van der Waals surface area contributed by atoms with Gasteiger partial charge in [-0.05, 0) is 57.3 Å². The van der Waals surface area contributed by atoms with Gasteiger partial charge in [0.25, 0.3) is 0 Å². The largest absolute Gasteiger partial charge is 0.472 e. The summed E-state index contributed by atoms with van der Waals surface area (Å²) in [5.41, 5.74) is 0. The zero-order chi connectivity index (χ0) is 77.6. The van der Waals surface area contributed by atoms with Gasteiger partial charge in [-0.25, -0.2) is 9.13 Å². The molecular weight excluding hydrogens is 1380 g/mol. The summed E-state index contributed by atoms with van der Waals surface area (Å²) in [6.45, 7) is 7.32. The van der Waals surface area contributed by atoms with Crippen LogP contribution in [-0.4, -0.2) is 96.7 Å². The molecule has 0 aromatic heterocycles. The SMILES string of the molecule is CCCCCC/C=C\C=C/CCCCCCCC(=O)O[C@H](COC(=O)CCCCCCCCCCCCCC)COP(=O)(O)OC[C@H](O)COP(=O)(O)OC[C@@H](COC(=O)CCCCCCCCCCCCCCCCC(C)C)OC(=O)CCCCCCCCCCCCCCCCCCCCCCCC. The minimum Gasteiger partial charge on any atom is -0.462 e. The van der Waals surface area contributed by atoms with Crippen molar-refractivity contribution in [3.05, 3.63) is 24.3 Å². The lowest BCUT2D eigenvalue weighted by molar-refractivity contribution is -0.161. The fraction of sp³-hybridized carbons (Fsp3) is 0.908. The van der Waals surface area contributed by atoms with E-state index < -0.39 is 97.5 Å². The zero-order valence-electron chi connectivity index (χ0n) is 69.1. The zero-order valence-corrected chi connectivity index (χ0v) is 70.9. The van der Waals surface area contributed by atoms with Crippen LogP contribution in [-0.2, 0) is 65.4 Å². The molecule has 626 valence electrons. The first-order chi connectivity index (χ1) is 51.5. The lowest BCUT2D eigenvalue weighted by Gasteiger charge is -2.21. The molecule has 0 bridgehead atoms. The highest BCUT2D eigenvalue weighted by Gasteiger charge is 2.30. The molecule has 17 nitrogen and oxygen atoms in total. The normalized spacial score (nSPS) is 13.9. The van der Waals surface area contributed by atoms with E-state index >= 15 is 0 Å². The maximum atomic E-state index is 13.2. The third-order valence-corrected chi connectivity index (χ3v) is 21.8. The molecule has 0 radical (unpaired) electrons. The second kappa shape index (κ2) is 79.2. The van der Waals surface area contributed by atoms with Crippen molar-refractivity contribution in [1.29, 1.82) is 0 Å². The second-order valence-electron chi connectivity index (χ2n) is 31.1. The van der Waals surface area contributed by atoms with Crippen LogP contribution in [0, 0.1) is 5.92 Å². The summed E-state index contributed by atoms with van der Waals surface area (Å²) >= 11 is 0. The topological polar surface area (TPSA) is 237 Å². The molecule has 0 fully saturated rings. The van der Waals surface area contributed by atoms with E-state index in [0.717, 1.165) is 109 Å². The second-order valence-corrected chi connectivity index (χ2v) is 34.0. The first-order valence-corrected chi connectivity index (χ1v) is 47.4. The average molecular weight is 1550 g/mol. The van der Waals surface area contributed by atoms with Crippen molar-refractivity contribution in [1.82, 2.24) is 0 Å². The fourth-order valence-electron chi connectivity index (χ4n) is 13.1. The molecule has 0 rings (SSSR count). The van der Waals surface area contributed by atoms with Crippen LogP contribution in [0.1, 0.15) is 446 Å². The number of ether oxygens (including phenoxy) is 4. The molecule has 0 saturated carbocycles. The Hall–Kier alpha value is -2.46. The Balaban J connectivity index is 5.26. The Morgan fingerprint density at radius 3 is 0.774 bits per heavy atom. The number of phosphoric acid groups is 2. The predicted molar refractivity (Wildman–Crippen MR) is 437 cm³/mol. The van der Waals surface area contributed by atoms with E-state index in [1.54, 1.807) is 0 Å². The van der Waals surface area contributed by atoms with Crippen molar-refractivity contribution < 1.29 is 80.2 Å². The van der Waals surface area contributed by atoms with Crippen LogP contribution < -0.4 is 0 Å². The number of carbonyl (C=O) groups excluding carboxylic acids is 4. The Kier molecular flexibility index (Phi) is 77.4. The van der Waals surface area contributed by atoms with Gasteiger partial charge < -0.3 is 33.8 Å². The number of phosphoric ester groups is 2. The Morgan fingerprint density at radius 2 is 0.509 bits per heavy atom. The van der Waals surface area contributed by atoms with Crippen LogP contribution in [0.3, 0.4) is 0 Å². The molecule has 0 amide bonds. The lowest BCUT2D eigenvalue weighted by Crippen LogP contribution is -2.30. The molecule has 0 aliphatic heterocycles. The van der Waals surface area contributed by atoms with Crippen LogP contribution in [0.4, 0.5) is 0 Å². The number of allylic oxidation sites excluding steroid dienone is 4. The Bertz CT molecular complexity index is 2110. The molecule has 0 aliphatic carbocycles. The van der Waals surface area contributed by atoms with Gasteiger partial charge in [0, 0.05) is 25.7 Å². The van der Waals surface area contributed by atoms with E-state index in [4.69, 9.17) is 37.0 Å². The van der Waals surface area contributed by atoms with Crippen molar-refractivity contribution in [3.8, 4) is 0 Å². The first kappa shape index (κ1) is 104. The standard InChI is InChI=1S/C87H166O17P2/c1-6-9-12-15-18-21-24-27-29-30-31-32-33-34-35-37-43-48-53-58-63-68-73-87(92)104-83(77-98-85(90)71-66-61-56-51-46-41-39-38-40-44-49-54-59-64-69-80(4)5)79-102-106(95,96)100-75-81(88)74-99-105(93,94)101-78-82(76-97-84(89)70-65-60-55-50-45-26-23-20-17-14-11-8-3)103-86(91)72-67-62-57-52-47-42-36-28-25-22-19-16-13-10-7-2/h22,25,28,36,80-83,88H,6-21,23-24,26-27,29-35,37-79H2,1-5H3,(H,93,94)(H,95,96)/b25-22-,36-28-/t81-,82+,83+/m0/s1. The number of aliphatic hydroxyl groups is 1. The lowest BCUT2D eigenvalue weighted by atomic mass is 10.0. The molecule has 0 spiro atoms. The summed E-state index contributed by atoms with van der Waals surface area (Å²) in [6.07, 6.45) is 75.8. The minimum atomic E-state index is -4.97. The fourth-order valence-corrected chi connectivity index (χ4v) is 14.7. The summed E-state index contributed by atoms with van der Waals surface area (Å²) in [4.78, 5) is 73.2. The van der Waals surface area contributed by atoms with Crippen molar-refractivity contribution in [2.75, 3.05) is 39.6 Å². The molecular formula is C87H166O17P2. The van der Waals surface area contributed by atoms with E-state index in [1.165, 1.54) is 257 Å². The molecule has 0 aromatic rings. The van der Waals surface area contributed by atoms with Gasteiger partial charge in [0.05, 0.1) is 26.4 Å². The molecule has 2 unspecified atom stereocenters. The number of esters is 4. The van der Waals surface area contributed by atoms with E-state index in [-0.39, 0.29) is 25.7 Å². The van der Waals surface area contributed by atoms with Crippen LogP contribution in [0.2, 0.25) is 0 Å². The molecule has 106 heavy (non-hydrogen) atoms. The van der Waals surface area contributed by atoms with Gasteiger partial charge in [-0.15, -0.1) is 0 Å². The van der Waals surface area contributed by atoms with E-state index in [9.17, 15) is 43.2 Å². The van der Waals surface area contributed by atoms with Crippen molar-refractivity contribution >= 4 is 39.5 Å². The molecule has 0 aromatic carbocycles. The molecule has 0 aliphatic rings. The molecule has 5 atom stereocenters. The third-order valence-electron chi connectivity index (χ3n) is 19.9. The molecule has 3 N–H and O–H groups in total. The highest BCUT2D eigenvalue weighted by atomic mass is 31.2. The maximum absolute atomic E-state index is 13.2. The monoisotopic (exact) mass is 1550 g/mol. The third kappa shape index (κ3) is 79.6. The van der Waals surface area contributed by atoms with Crippen molar-refractivity contribution in [3.63, 3.8) is 0 Å². The Morgan fingerprint density at radius 1 is 0.292 bits per heavy atom. The smallest absolute Gasteiger partial charge is 0.462 e. The van der Waals surface area contributed by atoms with Gasteiger partial charge in [0.15, 0.2) is 12.2 Å².